The molecule has 5 N–H and O–H groups in total. The second-order valence-corrected chi connectivity index (χ2v) is 4.35. The van der Waals surface area contributed by atoms with Gasteiger partial charge in [0.25, 0.3) is 0 Å². The van der Waals surface area contributed by atoms with Crippen LogP contribution in [0.5, 0.6) is 0 Å². The molecule has 0 aliphatic heterocycles. The van der Waals surface area contributed by atoms with Gasteiger partial charge in [0.2, 0.25) is 31.2 Å². The SMILES string of the molecule is O.O=S(=O)([O-])OO.O=S(=O)([O-])OO.O=S(=O)([O-])OO.[Al+3]. The summed E-state index contributed by atoms with van der Waals surface area (Å²) in [6, 6.07) is 0. The fourth-order valence-electron chi connectivity index (χ4n) is 0. The van der Waals surface area contributed by atoms with Gasteiger partial charge in [0, 0.05) is 0 Å². The topological polar surface area (TPSA) is 291 Å². The normalized spacial score (nSPS) is 10.5. The standard InChI is InChI=1S/Al.3H2O5S.H2O/c;3*1-5-6(2,3)4;/h;3*1H,(H,2,3,4);1H2/q+3;;;;/p-3. The van der Waals surface area contributed by atoms with Crippen LogP contribution in [-0.4, -0.2) is 77.5 Å². The van der Waals surface area contributed by atoms with Crippen molar-refractivity contribution in [1.82, 2.24) is 0 Å². The van der Waals surface area contributed by atoms with Crippen LogP contribution in [-0.2, 0) is 44.2 Å². The fourth-order valence-corrected chi connectivity index (χ4v) is 0. The van der Waals surface area contributed by atoms with Gasteiger partial charge in [-0.2, -0.15) is 0 Å². The molecule has 20 heteroatoms. The first-order valence-corrected chi connectivity index (χ1v) is 6.55. The van der Waals surface area contributed by atoms with Crippen LogP contribution in [0.15, 0.2) is 0 Å². The van der Waals surface area contributed by atoms with Crippen molar-refractivity contribution in [3.63, 3.8) is 0 Å². The van der Waals surface area contributed by atoms with Crippen molar-refractivity contribution >= 4 is 48.6 Å². The van der Waals surface area contributed by atoms with Gasteiger partial charge in [-0.1, -0.05) is 0 Å². The molecule has 0 radical (unpaired) electrons. The molecule has 0 fully saturated rings. The summed E-state index contributed by atoms with van der Waals surface area (Å²) in [5.41, 5.74) is 0. The Morgan fingerprint density at radius 2 is 0.650 bits per heavy atom. The summed E-state index contributed by atoms with van der Waals surface area (Å²) in [6.45, 7) is 0. The zero-order chi connectivity index (χ0) is 15.6. The second-order valence-electron chi connectivity index (χ2n) is 1.45. The van der Waals surface area contributed by atoms with Gasteiger partial charge in [0.05, 0.1) is 0 Å². The Bertz CT molecular complexity index is 400. The van der Waals surface area contributed by atoms with Gasteiger partial charge >= 0.3 is 17.4 Å². The molecule has 20 heavy (non-hydrogen) atoms. The first-order valence-electron chi connectivity index (χ1n) is 2.55. The van der Waals surface area contributed by atoms with E-state index in [-0.39, 0.29) is 22.8 Å². The molecule has 0 amide bonds. The van der Waals surface area contributed by atoms with Crippen LogP contribution in [0.25, 0.3) is 0 Å². The molecule has 0 heterocycles. The molecule has 122 valence electrons. The van der Waals surface area contributed by atoms with E-state index in [1.807, 2.05) is 0 Å². The van der Waals surface area contributed by atoms with Crippen molar-refractivity contribution in [2.24, 2.45) is 0 Å². The molecule has 0 rings (SSSR count). The van der Waals surface area contributed by atoms with E-state index in [2.05, 4.69) is 13.0 Å². The predicted molar refractivity (Wildman–Crippen MR) is 49.6 cm³/mol. The molecule has 0 spiro atoms. The third-order valence-corrected chi connectivity index (χ3v) is 0.822. The molecule has 0 aliphatic carbocycles. The minimum Gasteiger partial charge on any atom is -0.724 e. The fraction of sp³-hybridized carbons (Fsp3) is 0. The van der Waals surface area contributed by atoms with Crippen molar-refractivity contribution in [1.29, 1.82) is 0 Å². The van der Waals surface area contributed by atoms with Gasteiger partial charge in [0.1, 0.15) is 0 Å². The van der Waals surface area contributed by atoms with Crippen molar-refractivity contribution < 1.29 is 73.2 Å². The molecule has 0 aliphatic rings. The summed E-state index contributed by atoms with van der Waals surface area (Å²) in [7, 11) is -14.6. The van der Waals surface area contributed by atoms with Gasteiger partial charge in [-0.15, -0.1) is 13.0 Å². The summed E-state index contributed by atoms with van der Waals surface area (Å²) in [5.74, 6) is 0. The Morgan fingerprint density at radius 3 is 0.650 bits per heavy atom. The van der Waals surface area contributed by atoms with Crippen LogP contribution in [0, 0.1) is 0 Å². The third kappa shape index (κ3) is 64.3. The Balaban J connectivity index is -0.0000000536. The van der Waals surface area contributed by atoms with Crippen LogP contribution in [0.2, 0.25) is 0 Å². The molecular weight excluding hydrogens is 379 g/mol. The van der Waals surface area contributed by atoms with E-state index >= 15 is 0 Å². The van der Waals surface area contributed by atoms with E-state index in [0.717, 1.165) is 0 Å². The van der Waals surface area contributed by atoms with Crippen LogP contribution < -0.4 is 0 Å². The first-order chi connectivity index (χ1) is 7.68. The molecule has 0 saturated heterocycles. The Morgan fingerprint density at radius 1 is 0.600 bits per heavy atom. The van der Waals surface area contributed by atoms with E-state index in [0.29, 0.717) is 0 Å². The third-order valence-electron chi connectivity index (χ3n) is 0.274. The minimum absolute atomic E-state index is 0. The van der Waals surface area contributed by atoms with Gasteiger partial charge in [-0.05, 0) is 0 Å². The van der Waals surface area contributed by atoms with Crippen LogP contribution in [0.3, 0.4) is 0 Å². The average molecular weight is 384 g/mol. The summed E-state index contributed by atoms with van der Waals surface area (Å²) in [4.78, 5) is 0. The summed E-state index contributed by atoms with van der Waals surface area (Å²) in [6.07, 6.45) is 0. The van der Waals surface area contributed by atoms with Crippen molar-refractivity contribution in [2.45, 2.75) is 0 Å². The molecule has 0 aromatic carbocycles. The minimum atomic E-state index is -4.86. The van der Waals surface area contributed by atoms with Crippen LogP contribution in [0.1, 0.15) is 0 Å². The van der Waals surface area contributed by atoms with Crippen molar-refractivity contribution in [3.05, 3.63) is 0 Å². The Labute approximate surface area is 122 Å². The number of rotatable bonds is 3. The zero-order valence-corrected chi connectivity index (χ0v) is 12.1. The van der Waals surface area contributed by atoms with E-state index in [4.69, 9.17) is 54.7 Å². The van der Waals surface area contributed by atoms with Gasteiger partial charge in [-0.3, -0.25) is 0 Å². The zero-order valence-electron chi connectivity index (χ0n) is 8.54. The second kappa shape index (κ2) is 13.9. The van der Waals surface area contributed by atoms with Gasteiger partial charge in [-0.25, -0.2) is 41.0 Å². The molecule has 0 bridgehead atoms. The van der Waals surface area contributed by atoms with Crippen molar-refractivity contribution in [2.75, 3.05) is 0 Å². The van der Waals surface area contributed by atoms with E-state index in [9.17, 15) is 0 Å². The van der Waals surface area contributed by atoms with E-state index in [1.165, 1.54) is 0 Å². The summed E-state index contributed by atoms with van der Waals surface area (Å²) in [5, 5.41) is 21.0. The maximum Gasteiger partial charge on any atom is 3.00 e. The average Bonchev–Trinajstić information content (AvgIpc) is 2.16. The monoisotopic (exact) mass is 384 g/mol. The molecule has 16 nitrogen and oxygen atoms in total. The maximum absolute atomic E-state index is 8.97. The molecule has 0 unspecified atom stereocenters. The Kier molecular flexibility index (Phi) is 22.4. The van der Waals surface area contributed by atoms with Crippen LogP contribution in [0.4, 0.5) is 0 Å². The number of hydrogen-bond acceptors (Lipinski definition) is 15. The van der Waals surface area contributed by atoms with Gasteiger partial charge < -0.3 is 19.1 Å². The maximum atomic E-state index is 8.97. The Hall–Kier alpha value is -0.0175. The number of hydrogen-bond donors (Lipinski definition) is 3. The largest absolute Gasteiger partial charge is 3.00 e. The van der Waals surface area contributed by atoms with Crippen molar-refractivity contribution in [3.8, 4) is 0 Å². The smallest absolute Gasteiger partial charge is 0.724 e. The summed E-state index contributed by atoms with van der Waals surface area (Å²) < 4.78 is 87.8. The molecule has 0 aromatic rings. The molecular formula is H5AlO16S3. The molecule has 0 atom stereocenters. The summed E-state index contributed by atoms with van der Waals surface area (Å²) >= 11 is 0. The first kappa shape index (κ1) is 32.1. The van der Waals surface area contributed by atoms with E-state index in [1.54, 1.807) is 0 Å². The quantitative estimate of drug-likeness (QED) is 0.136. The molecule has 0 aromatic heterocycles. The van der Waals surface area contributed by atoms with E-state index < -0.39 is 31.2 Å². The molecule has 0 saturated carbocycles. The van der Waals surface area contributed by atoms with Crippen LogP contribution >= 0.6 is 0 Å². The predicted octanol–water partition coefficient (Wildman–Crippen LogP) is -4.40. The van der Waals surface area contributed by atoms with Gasteiger partial charge in [0.15, 0.2) is 0 Å².